The minimum atomic E-state index is -3.56. The maximum Gasteiger partial charge on any atom is 0.277 e. The Balaban J connectivity index is 1.73. The molecular formula is C25H25N5O4. The van der Waals surface area contributed by atoms with Crippen LogP contribution in [0.5, 0.6) is 5.75 Å². The van der Waals surface area contributed by atoms with Crippen molar-refractivity contribution in [2.75, 3.05) is 29.9 Å². The third-order valence-corrected chi connectivity index (χ3v) is 5.01. The summed E-state index contributed by atoms with van der Waals surface area (Å²) in [6.45, 7) is -4.57. The van der Waals surface area contributed by atoms with Gasteiger partial charge in [0.15, 0.2) is 5.69 Å². The van der Waals surface area contributed by atoms with Gasteiger partial charge in [-0.05, 0) is 67.6 Å². The van der Waals surface area contributed by atoms with Gasteiger partial charge in [-0.15, -0.1) is 0 Å². The summed E-state index contributed by atoms with van der Waals surface area (Å²) in [7, 11) is -2.82. The molecule has 3 aromatic rings. The fraction of sp³-hybridized carbons (Fsp3) is 0.280. The van der Waals surface area contributed by atoms with Crippen molar-refractivity contribution in [1.29, 1.82) is 0 Å². The topological polar surface area (TPSA) is 111 Å². The lowest BCUT2D eigenvalue weighted by Crippen LogP contribution is -2.39. The van der Waals surface area contributed by atoms with Crippen LogP contribution in [-0.4, -0.2) is 47.6 Å². The number of nitrogens with zero attached hydrogens (tertiary/aromatic N) is 4. The molecule has 2 aliphatic heterocycles. The Hall–Kier alpha value is -4.14. The first-order valence-electron chi connectivity index (χ1n) is 17.2. The second-order valence-electron chi connectivity index (χ2n) is 7.03. The lowest BCUT2D eigenvalue weighted by molar-refractivity contribution is -0.119. The zero-order chi connectivity index (χ0) is 37.0. The Kier molecular flexibility index (Phi) is 2.65. The van der Waals surface area contributed by atoms with Gasteiger partial charge >= 0.3 is 0 Å². The van der Waals surface area contributed by atoms with Crippen LogP contribution in [0.3, 0.4) is 0 Å². The first kappa shape index (κ1) is 10.4. The highest BCUT2D eigenvalue weighted by molar-refractivity contribution is 6.09. The molecule has 0 bridgehead atoms. The van der Waals surface area contributed by atoms with E-state index in [9.17, 15) is 14.4 Å². The van der Waals surface area contributed by atoms with E-state index >= 15 is 0 Å². The molecule has 1 saturated heterocycles. The summed E-state index contributed by atoms with van der Waals surface area (Å²) in [6, 6.07) is 0.282. The maximum absolute atomic E-state index is 14.3. The third-order valence-electron chi connectivity index (χ3n) is 5.01. The van der Waals surface area contributed by atoms with Crippen LogP contribution in [-0.2, 0) is 11.2 Å². The molecule has 9 nitrogen and oxygen atoms in total. The third kappa shape index (κ3) is 3.68. The van der Waals surface area contributed by atoms with Crippen LogP contribution in [0.15, 0.2) is 48.4 Å². The van der Waals surface area contributed by atoms with Crippen molar-refractivity contribution in [2.45, 2.75) is 25.5 Å². The van der Waals surface area contributed by atoms with Gasteiger partial charge in [0, 0.05) is 44.6 Å². The van der Waals surface area contributed by atoms with E-state index < -0.39 is 116 Å². The standard InChI is InChI=1S/C25H25N5O4/c1-34-19-11-9-18(10-12-19)30-23-20(22(27-30)24(26)32)13-15-29(25(23)33)17-7-5-16(6-8-17)28-14-3-2-4-21(28)31/h5-12H,2-4,13-15H2,1H3,(H2,26,32)/i1D3,2D2,3D2,5D,6D,7D,8D,13D2,15D2. The number of nitrogens with two attached hydrogens (primary N) is 1. The van der Waals surface area contributed by atoms with Crippen LogP contribution in [0.2, 0.25) is 0 Å². The lowest BCUT2D eigenvalue weighted by atomic mass is 10.0. The molecule has 0 spiro atoms. The SMILES string of the molecule is [2H]c1c([2H])c(N2C(=O)c3c(c(C(N)=O)nn3-c3ccc(OC([2H])([2H])[2H])cc3)C([2H])([2H])C2([2H])[2H])c([2H])c([2H])c1N1CC([2H])([2H])C([2H])([2H])CC1=O. The van der Waals surface area contributed by atoms with Gasteiger partial charge in [-0.1, -0.05) is 0 Å². The fourth-order valence-electron chi connectivity index (χ4n) is 3.38. The van der Waals surface area contributed by atoms with Crippen molar-refractivity contribution in [3.05, 3.63) is 65.4 Å². The molecule has 5 rings (SSSR count). The highest BCUT2D eigenvalue weighted by Gasteiger charge is 2.34. The van der Waals surface area contributed by atoms with Crippen molar-refractivity contribution in [3.8, 4) is 11.4 Å². The second-order valence-corrected chi connectivity index (χ2v) is 7.03. The summed E-state index contributed by atoms with van der Waals surface area (Å²) in [4.78, 5) is 40.2. The van der Waals surface area contributed by atoms with Crippen LogP contribution in [0, 0.1) is 0 Å². The molecule has 2 aromatic carbocycles. The highest BCUT2D eigenvalue weighted by Crippen LogP contribution is 2.31. The van der Waals surface area contributed by atoms with Crippen molar-refractivity contribution < 1.29 is 39.7 Å². The van der Waals surface area contributed by atoms with Gasteiger partial charge in [0.05, 0.1) is 25.1 Å². The number of hydrogen-bond acceptors (Lipinski definition) is 5. The molecule has 0 unspecified atom stereocenters. The van der Waals surface area contributed by atoms with Crippen molar-refractivity contribution in [3.63, 3.8) is 0 Å². The number of fused-ring (bicyclic) bond motifs is 1. The van der Waals surface area contributed by atoms with Gasteiger partial charge in [0.25, 0.3) is 11.8 Å². The van der Waals surface area contributed by atoms with Crippen LogP contribution in [0.25, 0.3) is 5.69 Å². The number of carbonyl (C=O) groups is 3. The van der Waals surface area contributed by atoms with Gasteiger partial charge in [-0.25, -0.2) is 4.68 Å². The van der Waals surface area contributed by atoms with E-state index in [1.165, 1.54) is 12.1 Å². The Bertz CT molecular complexity index is 1900. The lowest BCUT2D eigenvalue weighted by Gasteiger charge is -2.29. The molecule has 9 heteroatoms. The minimum Gasteiger partial charge on any atom is -0.497 e. The van der Waals surface area contributed by atoms with Gasteiger partial charge in [0.1, 0.15) is 11.4 Å². The summed E-state index contributed by atoms with van der Waals surface area (Å²) in [5.41, 5.74) is 0.932. The Morgan fingerprint density at radius 3 is 2.47 bits per heavy atom. The number of methoxy groups -OCH3 is 1. The number of aromatic nitrogens is 2. The molecule has 34 heavy (non-hydrogen) atoms. The summed E-state index contributed by atoms with van der Waals surface area (Å²) in [6.07, 6.45) is -9.71. The number of primary amides is 1. The number of hydrogen-bond donors (Lipinski definition) is 1. The summed E-state index contributed by atoms with van der Waals surface area (Å²) in [5, 5.41) is 3.95. The molecule has 0 atom stereocenters. The van der Waals surface area contributed by atoms with Gasteiger partial charge in [0.2, 0.25) is 5.91 Å². The van der Waals surface area contributed by atoms with E-state index in [1.807, 2.05) is 0 Å². The van der Waals surface area contributed by atoms with Crippen LogP contribution >= 0.6 is 0 Å². The second kappa shape index (κ2) is 8.66. The number of amides is 3. The molecule has 3 heterocycles. The van der Waals surface area contributed by atoms with E-state index in [0.717, 1.165) is 12.1 Å². The molecular weight excluding hydrogens is 434 g/mol. The number of carbonyl (C=O) groups excluding carboxylic acids is 3. The maximum atomic E-state index is 14.3. The zero-order valence-electron chi connectivity index (χ0n) is 32.2. The summed E-state index contributed by atoms with van der Waals surface area (Å²) < 4.78 is 129. The average Bonchev–Trinajstić information content (AvgIpc) is 3.37. The molecule has 0 radical (unpaired) electrons. The summed E-state index contributed by atoms with van der Waals surface area (Å²) >= 11 is 0. The van der Waals surface area contributed by atoms with Crippen LogP contribution in [0.4, 0.5) is 11.4 Å². The van der Waals surface area contributed by atoms with Gasteiger partial charge in [-0.2, -0.15) is 5.10 Å². The van der Waals surface area contributed by atoms with Crippen molar-refractivity contribution in [2.24, 2.45) is 5.73 Å². The Morgan fingerprint density at radius 1 is 1.09 bits per heavy atom. The fourth-order valence-corrected chi connectivity index (χ4v) is 3.38. The van der Waals surface area contributed by atoms with Gasteiger partial charge in [-0.3, -0.25) is 14.4 Å². The molecule has 0 aliphatic carbocycles. The smallest absolute Gasteiger partial charge is 0.277 e. The normalized spacial score (nSPS) is 28.6. The number of piperidine rings is 1. The zero-order valence-corrected chi connectivity index (χ0v) is 17.2. The highest BCUT2D eigenvalue weighted by atomic mass is 16.5. The predicted molar refractivity (Wildman–Crippen MR) is 127 cm³/mol. The molecule has 2 N–H and O–H groups in total. The first-order chi connectivity index (χ1) is 22.3. The van der Waals surface area contributed by atoms with E-state index in [0.29, 0.717) is 9.58 Å². The molecule has 0 saturated carbocycles. The number of anilines is 2. The monoisotopic (exact) mass is 474 g/mol. The van der Waals surface area contributed by atoms with Crippen molar-refractivity contribution in [1.82, 2.24) is 9.78 Å². The van der Waals surface area contributed by atoms with Gasteiger partial charge < -0.3 is 20.3 Å². The Labute approximate surface area is 217 Å². The number of rotatable bonds is 5. The molecule has 174 valence electrons. The first-order valence-corrected chi connectivity index (χ1v) is 9.75. The molecule has 3 amide bonds. The van der Waals surface area contributed by atoms with E-state index in [4.69, 9.17) is 31.0 Å². The summed E-state index contributed by atoms with van der Waals surface area (Å²) in [5.74, 6) is -4.08. The molecule has 1 aromatic heterocycles. The largest absolute Gasteiger partial charge is 0.497 e. The minimum absolute atomic E-state index is 0.0187. The quantitative estimate of drug-likeness (QED) is 0.611. The molecule has 1 fully saturated rings. The Morgan fingerprint density at radius 2 is 1.79 bits per heavy atom. The van der Waals surface area contributed by atoms with E-state index in [2.05, 4.69) is 5.10 Å². The predicted octanol–water partition coefficient (Wildman–Crippen LogP) is 2.70. The van der Waals surface area contributed by atoms with E-state index in [-0.39, 0.29) is 16.3 Å². The van der Waals surface area contributed by atoms with Crippen molar-refractivity contribution >= 4 is 29.1 Å². The van der Waals surface area contributed by atoms with E-state index in [1.54, 1.807) is 0 Å². The number of ether oxygens (including phenoxy) is 1. The average molecular weight is 475 g/mol. The number of benzene rings is 2. The molecule has 2 aliphatic rings. The van der Waals surface area contributed by atoms with Crippen LogP contribution < -0.4 is 20.3 Å². The van der Waals surface area contributed by atoms with Crippen LogP contribution in [0.1, 0.15) is 66.3 Å².